The van der Waals surface area contributed by atoms with Crippen LogP contribution in [0, 0.1) is 0 Å². The lowest BCUT2D eigenvalue weighted by Crippen LogP contribution is -2.55. The average molecular weight is 179 g/mol. The van der Waals surface area contributed by atoms with Gasteiger partial charge in [0.15, 0.2) is 0 Å². The lowest BCUT2D eigenvalue weighted by Gasteiger charge is -2.40. The highest BCUT2D eigenvalue weighted by atomic mass is 35.5. The standard InChI is InChI=1S/C7H14N2O.ClH/c10-7-4-9(5-7)6-1-2-8-3-6;/h6-8,10H,1-5H2;1H. The zero-order valence-corrected chi connectivity index (χ0v) is 7.31. The highest BCUT2D eigenvalue weighted by Gasteiger charge is 2.31. The van der Waals surface area contributed by atoms with Gasteiger partial charge in [-0.05, 0) is 13.0 Å². The summed E-state index contributed by atoms with van der Waals surface area (Å²) in [5, 5.41) is 12.3. The first-order valence-corrected chi connectivity index (χ1v) is 3.99. The Hall–Kier alpha value is 0.170. The van der Waals surface area contributed by atoms with E-state index in [-0.39, 0.29) is 18.5 Å². The molecule has 2 heterocycles. The van der Waals surface area contributed by atoms with E-state index in [1.165, 1.54) is 6.42 Å². The van der Waals surface area contributed by atoms with Crippen LogP contribution in [-0.2, 0) is 0 Å². The Bertz CT molecular complexity index is 122. The van der Waals surface area contributed by atoms with Gasteiger partial charge < -0.3 is 10.4 Å². The second-order valence-corrected chi connectivity index (χ2v) is 3.25. The number of hydrogen-bond donors (Lipinski definition) is 2. The van der Waals surface area contributed by atoms with E-state index in [0.717, 1.165) is 26.2 Å². The van der Waals surface area contributed by atoms with Crippen LogP contribution >= 0.6 is 12.4 Å². The third-order valence-electron chi connectivity index (χ3n) is 2.44. The van der Waals surface area contributed by atoms with Gasteiger partial charge >= 0.3 is 0 Å². The number of halogens is 1. The Balaban J connectivity index is 0.000000605. The molecule has 2 N–H and O–H groups in total. The van der Waals surface area contributed by atoms with Crippen molar-refractivity contribution in [1.82, 2.24) is 10.2 Å². The average Bonchev–Trinajstić information content (AvgIpc) is 2.31. The first kappa shape index (κ1) is 9.26. The largest absolute Gasteiger partial charge is 0.390 e. The molecular weight excluding hydrogens is 164 g/mol. The van der Waals surface area contributed by atoms with Crippen LogP contribution in [0.1, 0.15) is 6.42 Å². The number of nitrogens with one attached hydrogen (secondary N) is 1. The number of hydrogen-bond acceptors (Lipinski definition) is 3. The van der Waals surface area contributed by atoms with E-state index >= 15 is 0 Å². The summed E-state index contributed by atoms with van der Waals surface area (Å²) in [5.41, 5.74) is 0. The molecular formula is C7H15ClN2O. The monoisotopic (exact) mass is 178 g/mol. The molecule has 1 atom stereocenters. The number of aliphatic hydroxyl groups excluding tert-OH is 1. The van der Waals surface area contributed by atoms with E-state index in [4.69, 9.17) is 5.11 Å². The third-order valence-corrected chi connectivity index (χ3v) is 2.44. The molecule has 0 bridgehead atoms. The fourth-order valence-corrected chi connectivity index (χ4v) is 1.74. The van der Waals surface area contributed by atoms with Gasteiger partial charge in [0.2, 0.25) is 0 Å². The summed E-state index contributed by atoms with van der Waals surface area (Å²) in [6.07, 6.45) is 1.22. The lowest BCUT2D eigenvalue weighted by atomic mass is 10.1. The topological polar surface area (TPSA) is 35.5 Å². The van der Waals surface area contributed by atoms with Gasteiger partial charge in [-0.2, -0.15) is 0 Å². The maximum absolute atomic E-state index is 9.02. The fraction of sp³-hybridized carbons (Fsp3) is 1.00. The summed E-state index contributed by atoms with van der Waals surface area (Å²) in [5.74, 6) is 0. The Labute approximate surface area is 73.2 Å². The highest BCUT2D eigenvalue weighted by molar-refractivity contribution is 5.85. The third kappa shape index (κ3) is 1.85. The van der Waals surface area contributed by atoms with Gasteiger partial charge in [-0.3, -0.25) is 4.90 Å². The van der Waals surface area contributed by atoms with Gasteiger partial charge in [-0.25, -0.2) is 0 Å². The second kappa shape index (κ2) is 3.72. The van der Waals surface area contributed by atoms with Crippen molar-refractivity contribution >= 4 is 12.4 Å². The molecule has 0 aromatic rings. The molecule has 0 amide bonds. The van der Waals surface area contributed by atoms with E-state index < -0.39 is 0 Å². The minimum atomic E-state index is -0.0411. The van der Waals surface area contributed by atoms with Gasteiger partial charge in [-0.1, -0.05) is 0 Å². The number of nitrogens with zero attached hydrogens (tertiary/aromatic N) is 1. The summed E-state index contributed by atoms with van der Waals surface area (Å²) in [4.78, 5) is 2.35. The zero-order chi connectivity index (χ0) is 6.97. The molecule has 0 spiro atoms. The van der Waals surface area contributed by atoms with Crippen LogP contribution in [0.3, 0.4) is 0 Å². The minimum absolute atomic E-state index is 0. The molecule has 0 aromatic heterocycles. The smallest absolute Gasteiger partial charge is 0.0794 e. The van der Waals surface area contributed by atoms with Crippen LogP contribution in [0.25, 0.3) is 0 Å². The molecule has 2 aliphatic heterocycles. The van der Waals surface area contributed by atoms with Crippen molar-refractivity contribution in [2.45, 2.75) is 18.6 Å². The second-order valence-electron chi connectivity index (χ2n) is 3.25. The minimum Gasteiger partial charge on any atom is -0.390 e. The SMILES string of the molecule is Cl.OC1CN(C2CCNC2)C1. The molecule has 11 heavy (non-hydrogen) atoms. The zero-order valence-electron chi connectivity index (χ0n) is 6.49. The van der Waals surface area contributed by atoms with Crippen molar-refractivity contribution < 1.29 is 5.11 Å². The van der Waals surface area contributed by atoms with Gasteiger partial charge in [0.1, 0.15) is 0 Å². The molecule has 0 aliphatic carbocycles. The molecule has 0 aromatic carbocycles. The normalized spacial score (nSPS) is 33.0. The van der Waals surface area contributed by atoms with Crippen molar-refractivity contribution in [3.8, 4) is 0 Å². The van der Waals surface area contributed by atoms with Crippen LogP contribution in [0.15, 0.2) is 0 Å². The number of β-amino-alcohol motifs (C(OH)–C–C–N with tert-alkyl or cyclic N) is 1. The maximum atomic E-state index is 9.02. The molecule has 0 radical (unpaired) electrons. The van der Waals surface area contributed by atoms with E-state index in [9.17, 15) is 0 Å². The van der Waals surface area contributed by atoms with Gasteiger partial charge in [-0.15, -0.1) is 12.4 Å². The van der Waals surface area contributed by atoms with Crippen molar-refractivity contribution in [1.29, 1.82) is 0 Å². The van der Waals surface area contributed by atoms with Crippen molar-refractivity contribution in [3.63, 3.8) is 0 Å². The number of likely N-dealkylation sites (tertiary alicyclic amines) is 1. The van der Waals surface area contributed by atoms with Crippen molar-refractivity contribution in [3.05, 3.63) is 0 Å². The van der Waals surface area contributed by atoms with Crippen LogP contribution in [0.2, 0.25) is 0 Å². The van der Waals surface area contributed by atoms with Gasteiger partial charge in [0, 0.05) is 25.7 Å². The Kier molecular flexibility index (Phi) is 3.13. The summed E-state index contributed by atoms with van der Waals surface area (Å²) in [6.45, 7) is 4.06. The Morgan fingerprint density at radius 3 is 2.55 bits per heavy atom. The first-order chi connectivity index (χ1) is 4.86. The Morgan fingerprint density at radius 1 is 1.36 bits per heavy atom. The predicted octanol–water partition coefficient (Wildman–Crippen LogP) is -0.553. The molecule has 66 valence electrons. The molecule has 2 saturated heterocycles. The van der Waals surface area contributed by atoms with E-state index in [1.807, 2.05) is 0 Å². The molecule has 2 aliphatic rings. The van der Waals surface area contributed by atoms with Crippen LogP contribution in [0.5, 0.6) is 0 Å². The predicted molar refractivity (Wildman–Crippen MR) is 46.1 cm³/mol. The molecule has 3 nitrogen and oxygen atoms in total. The van der Waals surface area contributed by atoms with Gasteiger partial charge in [0.25, 0.3) is 0 Å². The highest BCUT2D eigenvalue weighted by Crippen LogP contribution is 2.16. The summed E-state index contributed by atoms with van der Waals surface area (Å²) in [7, 11) is 0. The van der Waals surface area contributed by atoms with Crippen molar-refractivity contribution in [2.75, 3.05) is 26.2 Å². The van der Waals surface area contributed by atoms with Crippen LogP contribution in [-0.4, -0.2) is 48.3 Å². The van der Waals surface area contributed by atoms with E-state index in [2.05, 4.69) is 10.2 Å². The van der Waals surface area contributed by atoms with E-state index in [1.54, 1.807) is 0 Å². The number of aliphatic hydroxyl groups is 1. The summed E-state index contributed by atoms with van der Waals surface area (Å²) in [6, 6.07) is 0.711. The molecule has 2 fully saturated rings. The fourth-order valence-electron chi connectivity index (χ4n) is 1.74. The van der Waals surface area contributed by atoms with Crippen molar-refractivity contribution in [2.24, 2.45) is 0 Å². The van der Waals surface area contributed by atoms with Gasteiger partial charge in [0.05, 0.1) is 6.10 Å². The van der Waals surface area contributed by atoms with E-state index in [0.29, 0.717) is 6.04 Å². The van der Waals surface area contributed by atoms with Crippen LogP contribution < -0.4 is 5.32 Å². The lowest BCUT2D eigenvalue weighted by molar-refractivity contribution is -0.0198. The maximum Gasteiger partial charge on any atom is 0.0794 e. The quantitative estimate of drug-likeness (QED) is 0.566. The summed E-state index contributed by atoms with van der Waals surface area (Å²) < 4.78 is 0. The molecule has 2 rings (SSSR count). The molecule has 1 unspecified atom stereocenters. The Morgan fingerprint density at radius 2 is 2.09 bits per heavy atom. The summed E-state index contributed by atoms with van der Waals surface area (Å²) >= 11 is 0. The first-order valence-electron chi connectivity index (χ1n) is 3.99. The molecule has 4 heteroatoms. The number of rotatable bonds is 1. The van der Waals surface area contributed by atoms with Crippen LogP contribution in [0.4, 0.5) is 0 Å². The molecule has 0 saturated carbocycles.